The number of furan rings is 1. The van der Waals surface area contributed by atoms with E-state index in [1.54, 1.807) is 26.3 Å². The number of ether oxygens (including phenoxy) is 1. The first-order chi connectivity index (χ1) is 13.1. The van der Waals surface area contributed by atoms with Crippen LogP contribution in [-0.2, 0) is 6.54 Å². The van der Waals surface area contributed by atoms with Gasteiger partial charge in [0.15, 0.2) is 11.6 Å². The van der Waals surface area contributed by atoms with Gasteiger partial charge in [0.1, 0.15) is 11.5 Å². The molecule has 0 spiro atoms. The van der Waals surface area contributed by atoms with Crippen LogP contribution >= 0.6 is 0 Å². The van der Waals surface area contributed by atoms with E-state index in [1.807, 2.05) is 24.3 Å². The first kappa shape index (κ1) is 17.3. The summed E-state index contributed by atoms with van der Waals surface area (Å²) in [6, 6.07) is 10.9. The molecule has 2 heterocycles. The number of carbonyl (C=O) groups excluding carboxylic acids is 1. The van der Waals surface area contributed by atoms with Gasteiger partial charge in [-0.2, -0.15) is 4.98 Å². The Morgan fingerprint density at radius 2 is 2.00 bits per heavy atom. The summed E-state index contributed by atoms with van der Waals surface area (Å²) < 4.78 is 16.2. The lowest BCUT2D eigenvalue weighted by molar-refractivity contribution is 0.0750. The van der Waals surface area contributed by atoms with E-state index in [2.05, 4.69) is 10.1 Å². The predicted molar refractivity (Wildman–Crippen MR) is 97.4 cm³/mol. The Morgan fingerprint density at radius 1 is 1.22 bits per heavy atom. The summed E-state index contributed by atoms with van der Waals surface area (Å²) in [4.78, 5) is 18.6. The van der Waals surface area contributed by atoms with Gasteiger partial charge in [0.2, 0.25) is 5.89 Å². The van der Waals surface area contributed by atoms with E-state index in [9.17, 15) is 4.79 Å². The minimum Gasteiger partial charge on any atom is -0.497 e. The fourth-order valence-electron chi connectivity index (χ4n) is 2.99. The number of hydrogen-bond acceptors (Lipinski definition) is 6. The summed E-state index contributed by atoms with van der Waals surface area (Å²) in [5, 5.41) is 3.98. The second-order valence-electron chi connectivity index (χ2n) is 6.73. The number of nitrogens with zero attached hydrogens (tertiary/aromatic N) is 3. The molecule has 4 rings (SSSR count). The summed E-state index contributed by atoms with van der Waals surface area (Å²) in [5.74, 6) is 3.00. The third-order valence-corrected chi connectivity index (χ3v) is 4.85. The maximum atomic E-state index is 12.6. The molecule has 140 valence electrons. The van der Waals surface area contributed by atoms with E-state index >= 15 is 0 Å². The van der Waals surface area contributed by atoms with Gasteiger partial charge < -0.3 is 18.6 Å². The molecule has 0 N–H and O–H groups in total. The Balaban J connectivity index is 1.42. The van der Waals surface area contributed by atoms with Crippen LogP contribution in [0.25, 0.3) is 11.3 Å². The molecule has 7 heteroatoms. The molecule has 7 nitrogen and oxygen atoms in total. The monoisotopic (exact) mass is 367 g/mol. The van der Waals surface area contributed by atoms with Crippen LogP contribution in [0.1, 0.15) is 47.5 Å². The van der Waals surface area contributed by atoms with Crippen LogP contribution in [0.3, 0.4) is 0 Å². The zero-order chi connectivity index (χ0) is 18.8. The molecular formula is C20H21N3O4. The number of rotatable bonds is 6. The second kappa shape index (κ2) is 7.26. The van der Waals surface area contributed by atoms with Crippen molar-refractivity contribution in [1.29, 1.82) is 0 Å². The minimum atomic E-state index is -0.232. The molecular weight excluding hydrogens is 346 g/mol. The van der Waals surface area contributed by atoms with Crippen molar-refractivity contribution in [1.82, 2.24) is 15.0 Å². The summed E-state index contributed by atoms with van der Waals surface area (Å²) in [7, 11) is 3.31. The lowest BCUT2D eigenvalue weighted by Crippen LogP contribution is -2.26. The maximum Gasteiger partial charge on any atom is 0.289 e. The molecule has 3 aromatic rings. The Bertz CT molecular complexity index is 925. The van der Waals surface area contributed by atoms with Gasteiger partial charge in [-0.25, -0.2) is 0 Å². The Labute approximate surface area is 156 Å². The van der Waals surface area contributed by atoms with Crippen molar-refractivity contribution in [2.45, 2.75) is 31.7 Å². The SMILES string of the molecule is COc1ccc(-c2ccc(C(=O)N(C)Cc3noc(C4CCC4)n3)o2)cc1. The van der Waals surface area contributed by atoms with Crippen molar-refractivity contribution < 1.29 is 18.5 Å². The zero-order valence-electron chi connectivity index (χ0n) is 15.3. The summed E-state index contributed by atoms with van der Waals surface area (Å²) in [6.45, 7) is 0.271. The summed E-state index contributed by atoms with van der Waals surface area (Å²) in [5.41, 5.74) is 0.876. The van der Waals surface area contributed by atoms with Gasteiger partial charge in [-0.3, -0.25) is 4.79 Å². The average Bonchev–Trinajstić information content (AvgIpc) is 3.30. The third kappa shape index (κ3) is 3.58. The van der Waals surface area contributed by atoms with Crippen molar-refractivity contribution in [2.75, 3.05) is 14.2 Å². The molecule has 0 unspecified atom stereocenters. The standard InChI is InChI=1S/C20H21N3O4/c1-23(12-18-21-19(27-22-18)14-4-3-5-14)20(24)17-11-10-16(26-17)13-6-8-15(25-2)9-7-13/h6-11,14H,3-5,12H2,1-2H3. The van der Waals surface area contributed by atoms with Gasteiger partial charge in [0, 0.05) is 18.5 Å². The van der Waals surface area contributed by atoms with Crippen LogP contribution < -0.4 is 4.74 Å². The number of aromatic nitrogens is 2. The van der Waals surface area contributed by atoms with Crippen LogP contribution in [0.2, 0.25) is 0 Å². The largest absolute Gasteiger partial charge is 0.497 e. The van der Waals surface area contributed by atoms with Crippen LogP contribution in [0, 0.1) is 0 Å². The van der Waals surface area contributed by atoms with E-state index in [0.29, 0.717) is 23.4 Å². The van der Waals surface area contributed by atoms with Crippen molar-refractivity contribution in [3.63, 3.8) is 0 Å². The van der Waals surface area contributed by atoms with E-state index < -0.39 is 0 Å². The van der Waals surface area contributed by atoms with E-state index in [4.69, 9.17) is 13.7 Å². The molecule has 1 aliphatic carbocycles. The highest BCUT2D eigenvalue weighted by Crippen LogP contribution is 2.35. The van der Waals surface area contributed by atoms with Gasteiger partial charge in [-0.05, 0) is 49.2 Å². The van der Waals surface area contributed by atoms with Gasteiger partial charge in [0.05, 0.1) is 13.7 Å². The van der Waals surface area contributed by atoms with Crippen LogP contribution in [0.5, 0.6) is 5.75 Å². The molecule has 2 aromatic heterocycles. The predicted octanol–water partition coefficient (Wildman–Crippen LogP) is 3.88. The topological polar surface area (TPSA) is 81.6 Å². The van der Waals surface area contributed by atoms with Crippen LogP contribution in [-0.4, -0.2) is 35.1 Å². The molecule has 1 saturated carbocycles. The molecule has 1 fully saturated rings. The maximum absolute atomic E-state index is 12.6. The van der Waals surface area contributed by atoms with E-state index in [1.165, 1.54) is 11.3 Å². The highest BCUT2D eigenvalue weighted by atomic mass is 16.5. The van der Waals surface area contributed by atoms with Crippen LogP contribution in [0.15, 0.2) is 45.3 Å². The van der Waals surface area contributed by atoms with Gasteiger partial charge in [-0.15, -0.1) is 0 Å². The lowest BCUT2D eigenvalue weighted by atomic mass is 9.85. The van der Waals surface area contributed by atoms with Gasteiger partial charge in [0.25, 0.3) is 5.91 Å². The van der Waals surface area contributed by atoms with Crippen LogP contribution in [0.4, 0.5) is 0 Å². The van der Waals surface area contributed by atoms with Gasteiger partial charge >= 0.3 is 0 Å². The first-order valence-electron chi connectivity index (χ1n) is 8.96. The number of hydrogen-bond donors (Lipinski definition) is 0. The molecule has 0 bridgehead atoms. The molecule has 0 radical (unpaired) electrons. The summed E-state index contributed by atoms with van der Waals surface area (Å²) in [6.07, 6.45) is 3.39. The second-order valence-corrected chi connectivity index (χ2v) is 6.73. The molecule has 1 aromatic carbocycles. The first-order valence-corrected chi connectivity index (χ1v) is 8.96. The summed E-state index contributed by atoms with van der Waals surface area (Å²) >= 11 is 0. The fraction of sp³-hybridized carbons (Fsp3) is 0.350. The molecule has 27 heavy (non-hydrogen) atoms. The van der Waals surface area contributed by atoms with E-state index in [0.717, 1.165) is 24.2 Å². The quantitative estimate of drug-likeness (QED) is 0.658. The molecule has 0 aliphatic heterocycles. The molecule has 0 saturated heterocycles. The highest BCUT2D eigenvalue weighted by molar-refractivity contribution is 5.91. The van der Waals surface area contributed by atoms with Crippen molar-refractivity contribution >= 4 is 5.91 Å². The number of methoxy groups -OCH3 is 1. The van der Waals surface area contributed by atoms with Crippen molar-refractivity contribution in [3.05, 3.63) is 53.9 Å². The molecule has 1 aliphatic rings. The molecule has 0 atom stereocenters. The van der Waals surface area contributed by atoms with Crippen molar-refractivity contribution in [2.24, 2.45) is 0 Å². The number of carbonyl (C=O) groups is 1. The molecule has 1 amide bonds. The Hall–Kier alpha value is -3.09. The van der Waals surface area contributed by atoms with Gasteiger partial charge in [-0.1, -0.05) is 11.6 Å². The minimum absolute atomic E-state index is 0.232. The Kier molecular flexibility index (Phi) is 4.66. The highest BCUT2D eigenvalue weighted by Gasteiger charge is 2.26. The smallest absolute Gasteiger partial charge is 0.289 e. The number of amides is 1. The van der Waals surface area contributed by atoms with Crippen molar-refractivity contribution in [3.8, 4) is 17.1 Å². The zero-order valence-corrected chi connectivity index (χ0v) is 15.3. The normalized spacial score (nSPS) is 14.0. The average molecular weight is 367 g/mol. The fourth-order valence-corrected chi connectivity index (χ4v) is 2.99. The third-order valence-electron chi connectivity index (χ3n) is 4.85. The Morgan fingerprint density at radius 3 is 2.67 bits per heavy atom. The lowest BCUT2D eigenvalue weighted by Gasteiger charge is -2.20. The van der Waals surface area contributed by atoms with E-state index in [-0.39, 0.29) is 18.2 Å². The number of benzene rings is 1.